The van der Waals surface area contributed by atoms with Crippen molar-refractivity contribution in [1.82, 2.24) is 0 Å². The van der Waals surface area contributed by atoms with Gasteiger partial charge in [-0.15, -0.1) is 0 Å². The fourth-order valence-corrected chi connectivity index (χ4v) is 14.4. The van der Waals surface area contributed by atoms with Crippen molar-refractivity contribution in [1.29, 1.82) is 0 Å². The molecule has 0 aromatic heterocycles. The van der Waals surface area contributed by atoms with Crippen LogP contribution in [0.2, 0.25) is 0 Å². The molecule has 6 nitrogen and oxygen atoms in total. The maximum absolute atomic E-state index is 13.2. The predicted octanol–water partition coefficient (Wildman–Crippen LogP) is 3.18. The molecule has 0 saturated carbocycles. The number of hydrogen-bond donors (Lipinski definition) is 0. The van der Waals surface area contributed by atoms with E-state index in [-0.39, 0.29) is 11.4 Å². The van der Waals surface area contributed by atoms with E-state index < -0.39 is 36.3 Å². The summed E-state index contributed by atoms with van der Waals surface area (Å²) < 4.78 is 14.9. The Morgan fingerprint density at radius 3 is 1.58 bits per heavy atom. The average Bonchev–Trinajstić information content (AvgIpc) is 2.88. The number of hydrogen-bond acceptors (Lipinski definition) is 5. The van der Waals surface area contributed by atoms with Gasteiger partial charge in [-0.05, 0) is 0 Å². The topological polar surface area (TPSA) is 78.7 Å². The van der Waals surface area contributed by atoms with E-state index in [0.29, 0.717) is 0 Å². The molecule has 0 aliphatic heterocycles. The van der Waals surface area contributed by atoms with Gasteiger partial charge in [0.1, 0.15) is 0 Å². The van der Waals surface area contributed by atoms with Crippen LogP contribution in [0, 0.1) is 10.1 Å². The maximum atomic E-state index is 13.2. The molecule has 4 rings (SSSR count). The van der Waals surface area contributed by atoms with Crippen molar-refractivity contribution in [3.8, 4) is 5.75 Å². The van der Waals surface area contributed by atoms with Gasteiger partial charge in [0.2, 0.25) is 0 Å². The van der Waals surface area contributed by atoms with Crippen molar-refractivity contribution in [2.45, 2.75) is 0 Å². The molecule has 0 unspecified atom stereocenters. The number of nitrogens with zero attached hydrogens (tertiary/aromatic N) is 1. The Bertz CT molecular complexity index is 1140. The Morgan fingerprint density at radius 1 is 0.697 bits per heavy atom. The zero-order valence-electron chi connectivity index (χ0n) is 17.7. The minimum atomic E-state index is -4.25. The van der Waals surface area contributed by atoms with Crippen molar-refractivity contribution in [2.75, 3.05) is 6.61 Å². The second kappa shape index (κ2) is 10.3. The third-order valence-corrected chi connectivity index (χ3v) is 16.6. The third kappa shape index (κ3) is 4.90. The average molecular weight is 546 g/mol. The van der Waals surface area contributed by atoms with Crippen LogP contribution >= 0.6 is 0 Å². The van der Waals surface area contributed by atoms with Gasteiger partial charge in [-0.3, -0.25) is 0 Å². The number of nitro benzene ring substituents is 1. The van der Waals surface area contributed by atoms with Gasteiger partial charge in [-0.1, -0.05) is 0 Å². The molecular formula is C26H21NO5Sn. The molecule has 0 bridgehead atoms. The van der Waals surface area contributed by atoms with Crippen LogP contribution in [0.25, 0.3) is 0 Å². The molecular weight excluding hydrogens is 525 g/mol. The van der Waals surface area contributed by atoms with Crippen LogP contribution < -0.4 is 15.5 Å². The van der Waals surface area contributed by atoms with Gasteiger partial charge in [0, 0.05) is 0 Å². The van der Waals surface area contributed by atoms with Crippen LogP contribution in [0.1, 0.15) is 0 Å². The number of ether oxygens (including phenoxy) is 1. The molecule has 0 aliphatic rings. The molecule has 0 amide bonds. The number of para-hydroxylation sites is 2. The first-order chi connectivity index (χ1) is 16.1. The molecule has 33 heavy (non-hydrogen) atoms. The van der Waals surface area contributed by atoms with E-state index >= 15 is 0 Å². The van der Waals surface area contributed by atoms with Gasteiger partial charge < -0.3 is 0 Å². The zero-order valence-corrected chi connectivity index (χ0v) is 20.5. The molecule has 0 spiro atoms. The molecule has 7 heteroatoms. The SMILES string of the molecule is O=C(COc1ccccc1[N+](=O)[O-])[O][Sn]([c]1ccccc1)([c]1ccccc1)[c]1ccccc1. The molecule has 4 aromatic rings. The third-order valence-electron chi connectivity index (χ3n) is 5.22. The number of nitro groups is 1. The van der Waals surface area contributed by atoms with Crippen molar-refractivity contribution < 1.29 is 17.5 Å². The first kappa shape index (κ1) is 22.5. The fraction of sp³-hybridized carbons (Fsp3) is 0.0385. The molecule has 0 N–H and O–H groups in total. The predicted molar refractivity (Wildman–Crippen MR) is 129 cm³/mol. The van der Waals surface area contributed by atoms with Crippen LogP contribution in [0.3, 0.4) is 0 Å². The van der Waals surface area contributed by atoms with Crippen LogP contribution in [-0.2, 0) is 7.87 Å². The van der Waals surface area contributed by atoms with Gasteiger partial charge in [0.25, 0.3) is 0 Å². The number of rotatable bonds is 8. The van der Waals surface area contributed by atoms with E-state index in [1.165, 1.54) is 12.1 Å². The molecule has 0 saturated heterocycles. The summed E-state index contributed by atoms with van der Waals surface area (Å²) in [7, 11) is 0. The van der Waals surface area contributed by atoms with Crippen LogP contribution in [0.4, 0.5) is 5.69 Å². The summed E-state index contributed by atoms with van der Waals surface area (Å²) in [5.74, 6) is -0.542. The first-order valence-corrected chi connectivity index (χ1v) is 15.8. The van der Waals surface area contributed by atoms with Gasteiger partial charge >= 0.3 is 196 Å². The summed E-state index contributed by atoms with van der Waals surface area (Å²) in [5, 5.41) is 11.3. The molecule has 0 fully saturated rings. The quantitative estimate of drug-likeness (QED) is 0.193. The Hall–Kier alpha value is -3.65. The van der Waals surface area contributed by atoms with Gasteiger partial charge in [-0.2, -0.15) is 0 Å². The summed E-state index contributed by atoms with van der Waals surface area (Å²) >= 11 is -4.25. The Labute approximate surface area is 196 Å². The first-order valence-electron chi connectivity index (χ1n) is 10.4. The Kier molecular flexibility index (Phi) is 7.04. The van der Waals surface area contributed by atoms with Gasteiger partial charge in [0.05, 0.1) is 0 Å². The molecule has 164 valence electrons. The second-order valence-corrected chi connectivity index (χ2v) is 16.7. The van der Waals surface area contributed by atoms with E-state index in [9.17, 15) is 14.9 Å². The van der Waals surface area contributed by atoms with Crippen LogP contribution in [0.15, 0.2) is 115 Å². The normalized spacial score (nSPS) is 10.9. The summed E-state index contributed by atoms with van der Waals surface area (Å²) in [6.07, 6.45) is 0. The van der Waals surface area contributed by atoms with E-state index in [1.807, 2.05) is 91.0 Å². The summed E-state index contributed by atoms with van der Waals surface area (Å²) in [6, 6.07) is 35.3. The molecule has 0 atom stereocenters. The summed E-state index contributed by atoms with van der Waals surface area (Å²) in [4.78, 5) is 23.9. The fourth-order valence-electron chi connectivity index (χ4n) is 3.76. The van der Waals surface area contributed by atoms with Gasteiger partial charge in [0.15, 0.2) is 0 Å². The number of carbonyl (C=O) groups is 1. The Morgan fingerprint density at radius 2 is 1.12 bits per heavy atom. The van der Waals surface area contributed by atoms with Crippen LogP contribution in [0.5, 0.6) is 5.75 Å². The number of benzene rings is 4. The van der Waals surface area contributed by atoms with Crippen molar-refractivity contribution in [3.05, 3.63) is 125 Å². The monoisotopic (exact) mass is 547 g/mol. The summed E-state index contributed by atoms with van der Waals surface area (Å²) in [6.45, 7) is -0.434. The molecule has 0 radical (unpaired) electrons. The summed E-state index contributed by atoms with van der Waals surface area (Å²) in [5.41, 5.74) is -0.200. The Balaban J connectivity index is 1.73. The number of carbonyl (C=O) groups excluding carboxylic acids is 1. The van der Waals surface area contributed by atoms with E-state index in [4.69, 9.17) is 7.81 Å². The van der Waals surface area contributed by atoms with Gasteiger partial charge in [-0.25, -0.2) is 0 Å². The standard InChI is InChI=1S/C8H7NO5.3C6H5.Sn/c10-8(11)5-14-7-4-2-1-3-6(7)9(12)13;3*1-2-4-6-5-3-1;/h1-4H,5H2,(H,10,11);3*1-5H;/q;;;;+1/p-1. The minimum absolute atomic E-state index is 0.0272. The van der Waals surface area contributed by atoms with Crippen LogP contribution in [-0.4, -0.2) is 36.3 Å². The van der Waals surface area contributed by atoms with Crippen molar-refractivity contribution in [2.24, 2.45) is 0 Å². The van der Waals surface area contributed by atoms with Crippen molar-refractivity contribution >= 4 is 41.2 Å². The molecule has 0 heterocycles. The molecule has 0 aliphatic carbocycles. The zero-order chi connectivity index (χ0) is 23.1. The second-order valence-electron chi connectivity index (χ2n) is 7.27. The van der Waals surface area contributed by atoms with E-state index in [2.05, 4.69) is 0 Å². The molecule has 4 aromatic carbocycles. The van der Waals surface area contributed by atoms with Crippen molar-refractivity contribution in [3.63, 3.8) is 0 Å². The van der Waals surface area contributed by atoms with E-state index in [0.717, 1.165) is 10.7 Å². The van der Waals surface area contributed by atoms with E-state index in [1.54, 1.807) is 12.1 Å².